The van der Waals surface area contributed by atoms with Gasteiger partial charge in [-0.05, 0) is 18.2 Å². The number of benzene rings is 2. The number of thiazole rings is 1. The molecule has 0 aliphatic heterocycles. The molecule has 0 saturated heterocycles. The van der Waals surface area contributed by atoms with Crippen LogP contribution in [-0.4, -0.2) is 9.91 Å². The van der Waals surface area contributed by atoms with Crippen molar-refractivity contribution < 1.29 is 13.7 Å². The summed E-state index contributed by atoms with van der Waals surface area (Å²) in [5.41, 5.74) is 0.866. The van der Waals surface area contributed by atoms with Gasteiger partial charge in [-0.1, -0.05) is 12.1 Å². The molecule has 0 fully saturated rings. The first-order chi connectivity index (χ1) is 10.5. The Hall–Kier alpha value is -2.67. The molecule has 7 heteroatoms. The van der Waals surface area contributed by atoms with Crippen molar-refractivity contribution in [3.8, 4) is 21.8 Å². The van der Waals surface area contributed by atoms with Gasteiger partial charge in [0.2, 0.25) is 0 Å². The molecule has 22 heavy (non-hydrogen) atoms. The summed E-state index contributed by atoms with van der Waals surface area (Å²) in [5, 5.41) is 12.9. The van der Waals surface area contributed by atoms with Gasteiger partial charge in [0.25, 0.3) is 5.69 Å². The second-order valence-electron chi connectivity index (χ2n) is 4.47. The summed E-state index contributed by atoms with van der Waals surface area (Å²) in [5.74, 6) is -1.13. The number of hydrogen-bond acceptors (Lipinski definition) is 4. The number of non-ortho nitro benzene ring substituents is 1. The summed E-state index contributed by atoms with van der Waals surface area (Å²) in [6.45, 7) is 0. The molecule has 0 aliphatic rings. The van der Waals surface area contributed by atoms with Gasteiger partial charge in [0.15, 0.2) is 0 Å². The van der Waals surface area contributed by atoms with Crippen molar-refractivity contribution in [2.45, 2.75) is 0 Å². The van der Waals surface area contributed by atoms with E-state index in [1.54, 1.807) is 17.5 Å². The van der Waals surface area contributed by atoms with Crippen molar-refractivity contribution in [1.29, 1.82) is 0 Å². The lowest BCUT2D eigenvalue weighted by Gasteiger charge is -1.99. The smallest absolute Gasteiger partial charge is 0.258 e. The van der Waals surface area contributed by atoms with Gasteiger partial charge >= 0.3 is 0 Å². The highest BCUT2D eigenvalue weighted by molar-refractivity contribution is 7.13. The van der Waals surface area contributed by atoms with Gasteiger partial charge in [-0.2, -0.15) is 0 Å². The lowest BCUT2D eigenvalue weighted by Crippen LogP contribution is -1.89. The molecule has 0 aliphatic carbocycles. The monoisotopic (exact) mass is 318 g/mol. The Bertz CT molecular complexity index is 864. The Morgan fingerprint density at radius 2 is 1.95 bits per heavy atom. The molecule has 0 saturated carbocycles. The van der Waals surface area contributed by atoms with E-state index in [-0.39, 0.29) is 11.3 Å². The van der Waals surface area contributed by atoms with E-state index in [4.69, 9.17) is 0 Å². The minimum Gasteiger partial charge on any atom is -0.258 e. The highest BCUT2D eigenvalue weighted by Crippen LogP contribution is 2.31. The van der Waals surface area contributed by atoms with Crippen molar-refractivity contribution in [1.82, 2.24) is 4.98 Å². The van der Waals surface area contributed by atoms with Crippen LogP contribution in [0.15, 0.2) is 47.8 Å². The predicted octanol–water partition coefficient (Wildman–Crippen LogP) is 4.66. The van der Waals surface area contributed by atoms with Gasteiger partial charge in [-0.25, -0.2) is 13.8 Å². The van der Waals surface area contributed by atoms with Crippen molar-refractivity contribution in [2.75, 3.05) is 0 Å². The van der Waals surface area contributed by atoms with E-state index in [2.05, 4.69) is 4.98 Å². The Labute approximate surface area is 127 Å². The van der Waals surface area contributed by atoms with E-state index < -0.39 is 16.6 Å². The highest BCUT2D eigenvalue weighted by atomic mass is 32.1. The molecular weight excluding hydrogens is 310 g/mol. The summed E-state index contributed by atoms with van der Waals surface area (Å²) < 4.78 is 27.0. The third kappa shape index (κ3) is 2.71. The SMILES string of the molecule is O=[N+]([O-])c1cccc(-c2nc(-c3cc(F)ccc3F)cs2)c1. The number of halogens is 2. The van der Waals surface area contributed by atoms with Gasteiger partial charge in [-0.15, -0.1) is 11.3 Å². The summed E-state index contributed by atoms with van der Waals surface area (Å²) in [4.78, 5) is 14.5. The molecule has 0 amide bonds. The van der Waals surface area contributed by atoms with Crippen LogP contribution in [0.3, 0.4) is 0 Å². The molecule has 0 bridgehead atoms. The number of nitro groups is 1. The molecule has 1 heterocycles. The number of hydrogen-bond donors (Lipinski definition) is 0. The molecule has 3 rings (SSSR count). The van der Waals surface area contributed by atoms with E-state index in [9.17, 15) is 18.9 Å². The maximum absolute atomic E-state index is 13.7. The van der Waals surface area contributed by atoms with Crippen LogP contribution in [-0.2, 0) is 0 Å². The standard InChI is InChI=1S/C15H8F2N2O2S/c16-10-4-5-13(17)12(7-10)14-8-22-15(18-14)9-2-1-3-11(6-9)19(20)21/h1-8H. The number of nitro benzene ring substituents is 1. The minimum atomic E-state index is -0.572. The fourth-order valence-electron chi connectivity index (χ4n) is 1.98. The zero-order valence-electron chi connectivity index (χ0n) is 11.0. The first-order valence-electron chi connectivity index (χ1n) is 6.20. The molecule has 0 N–H and O–H groups in total. The molecule has 2 aromatic carbocycles. The average Bonchev–Trinajstić information content (AvgIpc) is 2.99. The average molecular weight is 318 g/mol. The Balaban J connectivity index is 2.02. The highest BCUT2D eigenvalue weighted by Gasteiger charge is 2.13. The van der Waals surface area contributed by atoms with Crippen LogP contribution < -0.4 is 0 Å². The lowest BCUT2D eigenvalue weighted by atomic mass is 10.1. The molecule has 0 unspecified atom stereocenters. The Morgan fingerprint density at radius 3 is 2.73 bits per heavy atom. The lowest BCUT2D eigenvalue weighted by molar-refractivity contribution is -0.384. The molecular formula is C15H8F2N2O2S. The Kier molecular flexibility index (Phi) is 3.64. The quantitative estimate of drug-likeness (QED) is 0.521. The zero-order valence-corrected chi connectivity index (χ0v) is 11.8. The normalized spacial score (nSPS) is 10.6. The van der Waals surface area contributed by atoms with Crippen LogP contribution in [0.1, 0.15) is 0 Å². The number of rotatable bonds is 3. The fourth-order valence-corrected chi connectivity index (χ4v) is 2.79. The third-order valence-corrected chi connectivity index (χ3v) is 3.90. The number of aromatic nitrogens is 1. The van der Waals surface area contributed by atoms with Crippen molar-refractivity contribution in [2.24, 2.45) is 0 Å². The van der Waals surface area contributed by atoms with Crippen LogP contribution in [0.25, 0.3) is 21.8 Å². The largest absolute Gasteiger partial charge is 0.270 e. The fraction of sp³-hybridized carbons (Fsp3) is 0. The maximum Gasteiger partial charge on any atom is 0.270 e. The second kappa shape index (κ2) is 5.61. The molecule has 3 aromatic rings. The van der Waals surface area contributed by atoms with E-state index >= 15 is 0 Å². The predicted molar refractivity (Wildman–Crippen MR) is 79.6 cm³/mol. The summed E-state index contributed by atoms with van der Waals surface area (Å²) in [6.07, 6.45) is 0. The van der Waals surface area contributed by atoms with Crippen LogP contribution in [0.4, 0.5) is 14.5 Å². The van der Waals surface area contributed by atoms with Crippen LogP contribution >= 0.6 is 11.3 Å². The van der Waals surface area contributed by atoms with Gasteiger partial charge < -0.3 is 0 Å². The van der Waals surface area contributed by atoms with Crippen molar-refractivity contribution in [3.63, 3.8) is 0 Å². The van der Waals surface area contributed by atoms with Crippen LogP contribution in [0.2, 0.25) is 0 Å². The van der Waals surface area contributed by atoms with Crippen LogP contribution in [0, 0.1) is 21.7 Å². The van der Waals surface area contributed by atoms with E-state index in [1.807, 2.05) is 0 Å². The first kappa shape index (κ1) is 14.3. The summed E-state index contributed by atoms with van der Waals surface area (Å²) >= 11 is 1.21. The zero-order chi connectivity index (χ0) is 15.7. The van der Waals surface area contributed by atoms with Gasteiger partial charge in [0, 0.05) is 28.6 Å². The van der Waals surface area contributed by atoms with Crippen molar-refractivity contribution >= 4 is 17.0 Å². The van der Waals surface area contributed by atoms with Crippen molar-refractivity contribution in [3.05, 3.63) is 69.6 Å². The molecule has 0 spiro atoms. The number of nitrogens with zero attached hydrogens (tertiary/aromatic N) is 2. The summed E-state index contributed by atoms with van der Waals surface area (Å²) in [7, 11) is 0. The summed E-state index contributed by atoms with van der Waals surface area (Å²) in [6, 6.07) is 9.15. The van der Waals surface area contributed by atoms with E-state index in [0.717, 1.165) is 18.2 Å². The van der Waals surface area contributed by atoms with E-state index in [1.165, 1.54) is 23.5 Å². The molecule has 1 aromatic heterocycles. The third-order valence-electron chi connectivity index (χ3n) is 3.01. The molecule has 0 radical (unpaired) electrons. The molecule has 0 atom stereocenters. The molecule has 4 nitrogen and oxygen atoms in total. The van der Waals surface area contributed by atoms with Gasteiger partial charge in [0.1, 0.15) is 16.6 Å². The van der Waals surface area contributed by atoms with Crippen LogP contribution in [0.5, 0.6) is 0 Å². The first-order valence-corrected chi connectivity index (χ1v) is 7.08. The van der Waals surface area contributed by atoms with Gasteiger partial charge in [-0.3, -0.25) is 10.1 Å². The topological polar surface area (TPSA) is 56.0 Å². The maximum atomic E-state index is 13.7. The Morgan fingerprint density at radius 1 is 1.14 bits per heavy atom. The second-order valence-corrected chi connectivity index (χ2v) is 5.33. The van der Waals surface area contributed by atoms with Gasteiger partial charge in [0.05, 0.1) is 10.6 Å². The van der Waals surface area contributed by atoms with E-state index in [0.29, 0.717) is 16.3 Å². The molecule has 110 valence electrons. The minimum absolute atomic E-state index is 0.0498.